The Morgan fingerprint density at radius 1 is 0.952 bits per heavy atom. The van der Waals surface area contributed by atoms with Crippen molar-refractivity contribution in [3.8, 4) is 11.1 Å². The van der Waals surface area contributed by atoms with E-state index in [4.69, 9.17) is 0 Å². The van der Waals surface area contributed by atoms with Gasteiger partial charge >= 0.3 is 0 Å². The number of pyridine rings is 1. The molecule has 3 aromatic rings. The van der Waals surface area contributed by atoms with Crippen LogP contribution < -0.4 is 0 Å². The smallest absolute Gasteiger partial charge is 0.192 e. The van der Waals surface area contributed by atoms with Gasteiger partial charge in [-0.3, -0.25) is 0 Å². The summed E-state index contributed by atoms with van der Waals surface area (Å²) in [6.07, 6.45) is 1.18. The van der Waals surface area contributed by atoms with Gasteiger partial charge in [0.2, 0.25) is 0 Å². The second-order valence-electron chi connectivity index (χ2n) is 5.17. The van der Waals surface area contributed by atoms with E-state index in [0.29, 0.717) is 5.52 Å². The van der Waals surface area contributed by atoms with Gasteiger partial charge in [0.05, 0.1) is 5.52 Å². The molecule has 0 radical (unpaired) electrons. The van der Waals surface area contributed by atoms with Gasteiger partial charge in [0.25, 0.3) is 0 Å². The summed E-state index contributed by atoms with van der Waals surface area (Å²) in [5.74, 6) is 0. The second kappa shape index (κ2) is 4.97. The highest BCUT2D eigenvalue weighted by Gasteiger charge is 2.14. The van der Waals surface area contributed by atoms with Gasteiger partial charge in [-0.25, -0.2) is 13.4 Å². The van der Waals surface area contributed by atoms with Gasteiger partial charge in [-0.15, -0.1) is 0 Å². The topological polar surface area (TPSA) is 47.0 Å². The van der Waals surface area contributed by atoms with E-state index in [1.54, 1.807) is 6.07 Å². The summed E-state index contributed by atoms with van der Waals surface area (Å²) >= 11 is 0. The molecule has 0 saturated heterocycles. The Bertz CT molecular complexity index is 916. The molecule has 0 N–H and O–H groups in total. The van der Waals surface area contributed by atoms with Gasteiger partial charge in [-0.05, 0) is 36.2 Å². The monoisotopic (exact) mass is 297 g/mol. The van der Waals surface area contributed by atoms with Gasteiger partial charge in [0.15, 0.2) is 14.9 Å². The lowest BCUT2D eigenvalue weighted by Gasteiger charge is -2.10. The quantitative estimate of drug-likeness (QED) is 0.726. The van der Waals surface area contributed by atoms with Crippen LogP contribution in [-0.4, -0.2) is 19.7 Å². The van der Waals surface area contributed by atoms with Crippen LogP contribution in [0.5, 0.6) is 0 Å². The fourth-order valence-electron chi connectivity index (χ4n) is 2.36. The molecule has 0 aliphatic carbocycles. The van der Waals surface area contributed by atoms with E-state index in [-0.39, 0.29) is 5.03 Å². The third-order valence-electron chi connectivity index (χ3n) is 3.41. The zero-order valence-electron chi connectivity index (χ0n) is 11.9. The highest BCUT2D eigenvalue weighted by molar-refractivity contribution is 7.90. The van der Waals surface area contributed by atoms with Crippen molar-refractivity contribution in [1.29, 1.82) is 0 Å². The van der Waals surface area contributed by atoms with Crippen LogP contribution in [0.1, 0.15) is 5.56 Å². The number of rotatable bonds is 2. The first kappa shape index (κ1) is 13.8. The summed E-state index contributed by atoms with van der Waals surface area (Å²) in [7, 11) is -3.35. The van der Waals surface area contributed by atoms with E-state index >= 15 is 0 Å². The highest BCUT2D eigenvalue weighted by Crippen LogP contribution is 2.30. The van der Waals surface area contributed by atoms with Crippen LogP contribution in [0.2, 0.25) is 0 Å². The maximum Gasteiger partial charge on any atom is 0.192 e. The Balaban J connectivity index is 2.42. The molecule has 0 spiro atoms. The van der Waals surface area contributed by atoms with Crippen LogP contribution in [0.4, 0.5) is 0 Å². The third-order valence-corrected chi connectivity index (χ3v) is 4.37. The molecular formula is C17H15NO2S. The number of aromatic nitrogens is 1. The number of aryl methyl sites for hydroxylation is 1. The van der Waals surface area contributed by atoms with E-state index in [1.807, 2.05) is 55.5 Å². The van der Waals surface area contributed by atoms with Crippen LogP contribution in [0.25, 0.3) is 22.0 Å². The molecule has 0 aliphatic rings. The minimum absolute atomic E-state index is 0.109. The molecule has 4 heteroatoms. The van der Waals surface area contributed by atoms with Gasteiger partial charge in [-0.1, -0.05) is 42.0 Å². The van der Waals surface area contributed by atoms with Crippen molar-refractivity contribution in [1.82, 2.24) is 4.98 Å². The molecule has 0 atom stereocenters. The Morgan fingerprint density at radius 3 is 2.33 bits per heavy atom. The lowest BCUT2D eigenvalue weighted by molar-refractivity contribution is 0.599. The van der Waals surface area contributed by atoms with Gasteiger partial charge in [0, 0.05) is 11.6 Å². The van der Waals surface area contributed by atoms with Crippen molar-refractivity contribution in [2.75, 3.05) is 6.26 Å². The molecule has 1 aromatic heterocycles. The molecule has 0 unspecified atom stereocenters. The molecule has 21 heavy (non-hydrogen) atoms. The van der Waals surface area contributed by atoms with E-state index < -0.39 is 9.84 Å². The zero-order valence-corrected chi connectivity index (χ0v) is 12.7. The molecule has 3 rings (SSSR count). The molecule has 0 aliphatic heterocycles. The van der Waals surface area contributed by atoms with Crippen molar-refractivity contribution in [3.63, 3.8) is 0 Å². The van der Waals surface area contributed by atoms with Crippen LogP contribution in [0, 0.1) is 6.92 Å². The summed E-state index contributed by atoms with van der Waals surface area (Å²) in [5, 5.41) is 1.08. The van der Waals surface area contributed by atoms with Crippen molar-refractivity contribution in [2.24, 2.45) is 0 Å². The molecule has 3 nitrogen and oxygen atoms in total. The Labute approximate surface area is 124 Å². The lowest BCUT2D eigenvalue weighted by Crippen LogP contribution is -2.01. The van der Waals surface area contributed by atoms with Crippen LogP contribution in [-0.2, 0) is 9.84 Å². The number of sulfone groups is 1. The SMILES string of the molecule is Cc1ccc2nc(S(C)(=O)=O)cc(-c3ccccc3)c2c1. The normalized spacial score (nSPS) is 11.7. The van der Waals surface area contributed by atoms with E-state index in [1.165, 1.54) is 6.26 Å². The minimum Gasteiger partial charge on any atom is -0.236 e. The molecule has 0 fully saturated rings. The van der Waals surface area contributed by atoms with E-state index in [0.717, 1.165) is 22.1 Å². The summed E-state index contributed by atoms with van der Waals surface area (Å²) in [5.41, 5.74) is 3.70. The fourth-order valence-corrected chi connectivity index (χ4v) is 2.96. The highest BCUT2D eigenvalue weighted by atomic mass is 32.2. The largest absolute Gasteiger partial charge is 0.236 e. The van der Waals surface area contributed by atoms with E-state index in [9.17, 15) is 8.42 Å². The Hall–Kier alpha value is -2.20. The molecule has 0 amide bonds. The Morgan fingerprint density at radius 2 is 1.67 bits per heavy atom. The summed E-state index contributed by atoms with van der Waals surface area (Å²) in [6.45, 7) is 2.01. The average molecular weight is 297 g/mol. The number of hydrogen-bond acceptors (Lipinski definition) is 3. The predicted molar refractivity (Wildman–Crippen MR) is 85.0 cm³/mol. The molecule has 106 valence electrons. The maximum atomic E-state index is 11.9. The number of fused-ring (bicyclic) bond motifs is 1. The Kier molecular flexibility index (Phi) is 3.26. The predicted octanol–water partition coefficient (Wildman–Crippen LogP) is 3.61. The number of benzene rings is 2. The zero-order chi connectivity index (χ0) is 15.0. The first-order chi connectivity index (χ1) is 9.95. The maximum absolute atomic E-state index is 11.9. The van der Waals surface area contributed by atoms with Crippen LogP contribution >= 0.6 is 0 Å². The van der Waals surface area contributed by atoms with Crippen LogP contribution in [0.3, 0.4) is 0 Å². The third kappa shape index (κ3) is 2.67. The van der Waals surface area contributed by atoms with Gasteiger partial charge in [-0.2, -0.15) is 0 Å². The standard InChI is InChI=1S/C17H15NO2S/c1-12-8-9-16-15(10-12)14(13-6-4-3-5-7-13)11-17(18-16)21(2,19)20/h3-11H,1-2H3. The van der Waals surface area contributed by atoms with Crippen molar-refractivity contribution in [3.05, 3.63) is 60.2 Å². The second-order valence-corrected chi connectivity index (χ2v) is 7.13. The summed E-state index contributed by atoms with van der Waals surface area (Å²) < 4.78 is 23.7. The van der Waals surface area contributed by atoms with E-state index in [2.05, 4.69) is 4.98 Å². The van der Waals surface area contributed by atoms with Crippen molar-refractivity contribution >= 4 is 20.7 Å². The first-order valence-corrected chi connectivity index (χ1v) is 8.51. The summed E-state index contributed by atoms with van der Waals surface area (Å²) in [4.78, 5) is 4.29. The first-order valence-electron chi connectivity index (χ1n) is 6.62. The number of nitrogens with zero attached hydrogens (tertiary/aromatic N) is 1. The number of hydrogen-bond donors (Lipinski definition) is 0. The fraction of sp³-hybridized carbons (Fsp3) is 0.118. The summed E-state index contributed by atoms with van der Waals surface area (Å²) in [6, 6.07) is 17.3. The lowest BCUT2D eigenvalue weighted by atomic mass is 10.0. The molecular weight excluding hydrogens is 282 g/mol. The van der Waals surface area contributed by atoms with Crippen molar-refractivity contribution < 1.29 is 8.42 Å². The minimum atomic E-state index is -3.35. The van der Waals surface area contributed by atoms with Crippen molar-refractivity contribution in [2.45, 2.75) is 11.9 Å². The molecule has 0 saturated carbocycles. The average Bonchev–Trinajstić information content (AvgIpc) is 2.46. The molecule has 1 heterocycles. The molecule has 0 bridgehead atoms. The van der Waals surface area contributed by atoms with Gasteiger partial charge < -0.3 is 0 Å². The van der Waals surface area contributed by atoms with Crippen LogP contribution in [0.15, 0.2) is 59.6 Å². The van der Waals surface area contributed by atoms with Gasteiger partial charge in [0.1, 0.15) is 0 Å². The molecule has 2 aromatic carbocycles.